The van der Waals surface area contributed by atoms with E-state index in [0.717, 1.165) is 22.4 Å². The summed E-state index contributed by atoms with van der Waals surface area (Å²) in [6.07, 6.45) is 5.99. The van der Waals surface area contributed by atoms with E-state index >= 15 is 0 Å². The summed E-state index contributed by atoms with van der Waals surface area (Å²) >= 11 is 0. The van der Waals surface area contributed by atoms with Crippen LogP contribution in [0.4, 0.5) is 0 Å². The Morgan fingerprint density at radius 3 is 2.33 bits per heavy atom. The highest BCUT2D eigenvalue weighted by Gasteiger charge is 2.42. The minimum atomic E-state index is -0.322. The third kappa shape index (κ3) is 2.99. The van der Waals surface area contributed by atoms with Crippen LogP contribution in [0.1, 0.15) is 34.9 Å². The van der Waals surface area contributed by atoms with E-state index in [9.17, 15) is 4.79 Å². The van der Waals surface area contributed by atoms with Crippen LogP contribution in [0.25, 0.3) is 0 Å². The predicted octanol–water partition coefficient (Wildman–Crippen LogP) is 5.04. The summed E-state index contributed by atoms with van der Waals surface area (Å²) in [5.74, 6) is 1.27. The average molecular weight is 396 g/mol. The van der Waals surface area contributed by atoms with E-state index in [1.54, 1.807) is 19.5 Å². The molecule has 3 heterocycles. The molecule has 0 aliphatic carbocycles. The van der Waals surface area contributed by atoms with Crippen LogP contribution < -0.4 is 9.47 Å². The Kier molecular flexibility index (Phi) is 4.64. The summed E-state index contributed by atoms with van der Waals surface area (Å²) in [5, 5.41) is 0. The van der Waals surface area contributed by atoms with E-state index in [0.29, 0.717) is 23.6 Å². The van der Waals surface area contributed by atoms with Gasteiger partial charge in [-0.05, 0) is 18.2 Å². The summed E-state index contributed by atoms with van der Waals surface area (Å²) in [6.45, 7) is 0. The molecule has 5 rings (SSSR count). The van der Waals surface area contributed by atoms with E-state index in [4.69, 9.17) is 9.47 Å². The van der Waals surface area contributed by atoms with Gasteiger partial charge >= 0.3 is 5.97 Å². The molecule has 2 aromatic carbocycles. The number of benzene rings is 2. The van der Waals surface area contributed by atoms with Crippen molar-refractivity contribution in [2.75, 3.05) is 7.05 Å². The second kappa shape index (κ2) is 7.59. The van der Waals surface area contributed by atoms with Crippen LogP contribution in [0.3, 0.4) is 0 Å². The van der Waals surface area contributed by atoms with Gasteiger partial charge in [0, 0.05) is 60.0 Å². The fourth-order valence-corrected chi connectivity index (χ4v) is 4.32. The van der Waals surface area contributed by atoms with Crippen LogP contribution >= 0.6 is 0 Å². The molecule has 2 aliphatic heterocycles. The van der Waals surface area contributed by atoms with Crippen molar-refractivity contribution >= 4 is 12.2 Å². The summed E-state index contributed by atoms with van der Waals surface area (Å²) in [5.41, 5.74) is 3.60. The summed E-state index contributed by atoms with van der Waals surface area (Å²) in [7, 11) is 1.72. The van der Waals surface area contributed by atoms with Gasteiger partial charge in [0.2, 0.25) is 5.88 Å². The van der Waals surface area contributed by atoms with Crippen LogP contribution in [0, 0.1) is 0 Å². The van der Waals surface area contributed by atoms with Gasteiger partial charge in [0.15, 0.2) is 0 Å². The molecule has 0 saturated heterocycles. The predicted molar refractivity (Wildman–Crippen MR) is 115 cm³/mol. The van der Waals surface area contributed by atoms with Crippen molar-refractivity contribution in [1.29, 1.82) is 0 Å². The van der Waals surface area contributed by atoms with E-state index in [1.165, 1.54) is 0 Å². The number of nitrogens with zero attached hydrogens (tertiary/aromatic N) is 2. The maximum atomic E-state index is 13.0. The highest BCUT2D eigenvalue weighted by molar-refractivity contribution is 5.95. The minimum Gasteiger partial charge on any atom is -0.438 e. The number of pyridine rings is 1. The molecule has 2 aliphatic rings. The lowest BCUT2D eigenvalue weighted by Crippen LogP contribution is -2.29. The van der Waals surface area contributed by atoms with Crippen LogP contribution in [0.2, 0.25) is 0 Å². The van der Waals surface area contributed by atoms with Gasteiger partial charge in [-0.2, -0.15) is 0 Å². The Labute approximate surface area is 174 Å². The Morgan fingerprint density at radius 1 is 0.900 bits per heavy atom. The van der Waals surface area contributed by atoms with Crippen molar-refractivity contribution in [3.63, 3.8) is 0 Å². The highest BCUT2D eigenvalue weighted by Crippen LogP contribution is 2.54. The van der Waals surface area contributed by atoms with Crippen molar-refractivity contribution in [1.82, 2.24) is 4.98 Å². The SMILES string of the molecule is CN=CC/C=C1\C(=O)Oc2ccccc2C1C1c2ccccc2Oc2ncccc21. The van der Waals surface area contributed by atoms with Crippen molar-refractivity contribution < 1.29 is 14.3 Å². The molecule has 0 saturated carbocycles. The van der Waals surface area contributed by atoms with Crippen molar-refractivity contribution in [3.05, 3.63) is 95.2 Å². The number of hydrogen-bond acceptors (Lipinski definition) is 5. The molecule has 2 atom stereocenters. The lowest BCUT2D eigenvalue weighted by Gasteiger charge is -2.36. The summed E-state index contributed by atoms with van der Waals surface area (Å²) < 4.78 is 11.8. The zero-order valence-corrected chi connectivity index (χ0v) is 16.5. The zero-order valence-electron chi connectivity index (χ0n) is 16.5. The van der Waals surface area contributed by atoms with Gasteiger partial charge in [-0.1, -0.05) is 48.5 Å². The quantitative estimate of drug-likeness (QED) is 0.269. The highest BCUT2D eigenvalue weighted by atomic mass is 16.5. The smallest absolute Gasteiger partial charge is 0.339 e. The van der Waals surface area contributed by atoms with Crippen LogP contribution in [-0.4, -0.2) is 24.2 Å². The van der Waals surface area contributed by atoms with Gasteiger partial charge in [-0.15, -0.1) is 0 Å². The molecular formula is C25H20N2O3. The zero-order chi connectivity index (χ0) is 20.5. The van der Waals surface area contributed by atoms with Gasteiger partial charge in [-0.3, -0.25) is 0 Å². The summed E-state index contributed by atoms with van der Waals surface area (Å²) in [6, 6.07) is 19.6. The largest absolute Gasteiger partial charge is 0.438 e. The molecule has 0 fully saturated rings. The maximum Gasteiger partial charge on any atom is 0.339 e. The van der Waals surface area contributed by atoms with E-state index < -0.39 is 0 Å². The summed E-state index contributed by atoms with van der Waals surface area (Å²) in [4.78, 5) is 21.6. The number of esters is 1. The van der Waals surface area contributed by atoms with Gasteiger partial charge in [0.25, 0.3) is 0 Å². The fourth-order valence-electron chi connectivity index (χ4n) is 4.32. The second-order valence-electron chi connectivity index (χ2n) is 7.26. The molecule has 0 amide bonds. The van der Waals surface area contributed by atoms with Crippen LogP contribution in [0.15, 0.2) is 83.5 Å². The Balaban J connectivity index is 1.76. The van der Waals surface area contributed by atoms with Crippen LogP contribution in [-0.2, 0) is 4.79 Å². The first kappa shape index (κ1) is 18.3. The lowest BCUT2D eigenvalue weighted by atomic mass is 9.71. The number of allylic oxidation sites excluding steroid dienone is 1. The third-order valence-electron chi connectivity index (χ3n) is 5.58. The number of ether oxygens (including phenoxy) is 2. The van der Waals surface area contributed by atoms with Gasteiger partial charge in [0.05, 0.1) is 0 Å². The van der Waals surface area contributed by atoms with Gasteiger partial charge in [-0.25, -0.2) is 9.78 Å². The molecule has 0 N–H and O–H groups in total. The molecule has 2 unspecified atom stereocenters. The van der Waals surface area contributed by atoms with E-state index in [2.05, 4.69) is 16.0 Å². The fraction of sp³-hybridized carbons (Fsp3) is 0.160. The topological polar surface area (TPSA) is 60.8 Å². The number of rotatable bonds is 3. The molecule has 0 spiro atoms. The first-order valence-electron chi connectivity index (χ1n) is 9.91. The first-order valence-corrected chi connectivity index (χ1v) is 9.91. The molecular weight excluding hydrogens is 376 g/mol. The van der Waals surface area contributed by atoms with E-state index in [1.807, 2.05) is 60.7 Å². The number of fused-ring (bicyclic) bond motifs is 3. The number of aliphatic imine (C=N–C) groups is 1. The third-order valence-corrected chi connectivity index (χ3v) is 5.58. The number of hydrogen-bond donors (Lipinski definition) is 0. The molecule has 3 aromatic rings. The average Bonchev–Trinajstić information content (AvgIpc) is 2.78. The molecule has 30 heavy (non-hydrogen) atoms. The molecule has 5 nitrogen and oxygen atoms in total. The maximum absolute atomic E-state index is 13.0. The minimum absolute atomic E-state index is 0.127. The number of carbonyl (C=O) groups excluding carboxylic acids is 1. The lowest BCUT2D eigenvalue weighted by molar-refractivity contribution is -0.131. The normalized spacial score (nSPS) is 20.8. The molecule has 5 heteroatoms. The molecule has 0 bridgehead atoms. The number of para-hydroxylation sites is 2. The molecule has 0 radical (unpaired) electrons. The Morgan fingerprint density at radius 2 is 1.57 bits per heavy atom. The Hall–Kier alpha value is -3.73. The van der Waals surface area contributed by atoms with Gasteiger partial charge < -0.3 is 14.5 Å². The first-order chi connectivity index (χ1) is 14.8. The number of aromatic nitrogens is 1. The standard InChI is InChI=1S/C25H20N2O3/c1-26-14-6-11-19-23(17-9-3-5-13-21(17)30-25(19)28)22-16-8-2-4-12-20(16)29-24-18(22)10-7-15-27-24/h2-5,7-15,22-23H,6H2,1H3/b19-11-,26-14?. The van der Waals surface area contributed by atoms with Crippen LogP contribution in [0.5, 0.6) is 17.4 Å². The Bertz CT molecular complexity index is 1140. The molecule has 148 valence electrons. The molecule has 1 aromatic heterocycles. The van der Waals surface area contributed by atoms with E-state index in [-0.39, 0.29) is 17.8 Å². The van der Waals surface area contributed by atoms with Gasteiger partial charge in [0.1, 0.15) is 11.5 Å². The number of carbonyl (C=O) groups is 1. The van der Waals surface area contributed by atoms with Crippen molar-refractivity contribution in [3.8, 4) is 17.4 Å². The van der Waals surface area contributed by atoms with Crippen molar-refractivity contribution in [2.45, 2.75) is 18.3 Å². The second-order valence-corrected chi connectivity index (χ2v) is 7.26. The van der Waals surface area contributed by atoms with Crippen molar-refractivity contribution in [2.24, 2.45) is 4.99 Å². The monoisotopic (exact) mass is 396 g/mol.